The minimum Gasteiger partial charge on any atom is -0.508 e. The van der Waals surface area contributed by atoms with Crippen molar-refractivity contribution in [3.05, 3.63) is 29.8 Å². The monoisotopic (exact) mass is 212 g/mol. The second-order valence-electron chi connectivity index (χ2n) is 2.84. The smallest absolute Gasteiger partial charge is 0.200 e. The van der Waals surface area contributed by atoms with Gasteiger partial charge < -0.3 is 5.11 Å². The molecule has 1 atom stereocenters. The molecule has 0 amide bonds. The summed E-state index contributed by atoms with van der Waals surface area (Å²) in [7, 11) is 2.91. The Labute approximate surface area is 84.1 Å². The molecule has 1 saturated heterocycles. The lowest BCUT2D eigenvalue weighted by Crippen LogP contribution is -1.91. The molecule has 1 aromatic carbocycles. The van der Waals surface area contributed by atoms with Crippen LogP contribution in [0.2, 0.25) is 0 Å². The van der Waals surface area contributed by atoms with Crippen molar-refractivity contribution in [3.63, 3.8) is 0 Å². The number of aromatic hydroxyl groups is 1. The van der Waals surface area contributed by atoms with Gasteiger partial charge in [0.25, 0.3) is 0 Å². The summed E-state index contributed by atoms with van der Waals surface area (Å²) in [6.07, 6.45) is 0.597. The third-order valence-electron chi connectivity index (χ3n) is 1.87. The first kappa shape index (κ1) is 8.97. The summed E-state index contributed by atoms with van der Waals surface area (Å²) in [4.78, 5) is 11.0. The van der Waals surface area contributed by atoms with E-state index in [1.54, 1.807) is 22.9 Å². The summed E-state index contributed by atoms with van der Waals surface area (Å²) in [5.41, 5.74) is 1.11. The fraction of sp³-hybridized carbons (Fsp3) is 0.222. The van der Waals surface area contributed by atoms with Crippen LogP contribution in [-0.4, -0.2) is 10.2 Å². The number of hydrogen-bond donors (Lipinski definition) is 1. The molecular formula is C9H8O2S2. The maximum absolute atomic E-state index is 11.0. The third kappa shape index (κ3) is 2.00. The molecule has 1 N–H and O–H groups in total. The molecule has 68 valence electrons. The Hall–Kier alpha value is -0.610. The minimum atomic E-state index is 0.239. The van der Waals surface area contributed by atoms with Crippen LogP contribution in [0.4, 0.5) is 0 Å². The van der Waals surface area contributed by atoms with E-state index >= 15 is 0 Å². The van der Waals surface area contributed by atoms with Gasteiger partial charge in [-0.1, -0.05) is 22.9 Å². The van der Waals surface area contributed by atoms with Gasteiger partial charge in [-0.25, -0.2) is 0 Å². The topological polar surface area (TPSA) is 37.3 Å². The van der Waals surface area contributed by atoms with E-state index in [1.807, 2.05) is 12.1 Å². The largest absolute Gasteiger partial charge is 0.508 e. The van der Waals surface area contributed by atoms with Gasteiger partial charge in [-0.15, -0.1) is 0 Å². The number of benzene rings is 1. The summed E-state index contributed by atoms with van der Waals surface area (Å²) in [5, 5.41) is 9.57. The Morgan fingerprint density at radius 1 is 1.31 bits per heavy atom. The van der Waals surface area contributed by atoms with E-state index in [2.05, 4.69) is 0 Å². The van der Waals surface area contributed by atoms with Gasteiger partial charge in [0.15, 0.2) is 0 Å². The number of phenolic OH excluding ortho intramolecular Hbond substituents is 1. The summed E-state index contributed by atoms with van der Waals surface area (Å²) >= 11 is 0. The van der Waals surface area contributed by atoms with Gasteiger partial charge in [0.2, 0.25) is 5.12 Å². The van der Waals surface area contributed by atoms with Crippen LogP contribution in [0.25, 0.3) is 0 Å². The molecule has 0 bridgehead atoms. The fourth-order valence-corrected chi connectivity index (χ4v) is 3.66. The van der Waals surface area contributed by atoms with Crippen molar-refractivity contribution in [1.29, 1.82) is 0 Å². The predicted octanol–water partition coefficient (Wildman–Crippen LogP) is 2.75. The van der Waals surface area contributed by atoms with E-state index in [0.29, 0.717) is 6.42 Å². The van der Waals surface area contributed by atoms with E-state index in [4.69, 9.17) is 5.11 Å². The Bertz CT molecular complexity index is 321. The lowest BCUT2D eigenvalue weighted by atomic mass is 10.1. The fourth-order valence-electron chi connectivity index (χ4n) is 1.19. The normalized spacial score (nSPS) is 22.2. The van der Waals surface area contributed by atoms with Crippen molar-refractivity contribution in [2.24, 2.45) is 0 Å². The van der Waals surface area contributed by atoms with Crippen molar-refractivity contribution in [1.82, 2.24) is 0 Å². The molecule has 0 aromatic heterocycles. The molecule has 0 saturated carbocycles. The molecule has 1 unspecified atom stereocenters. The molecule has 2 rings (SSSR count). The van der Waals surface area contributed by atoms with Crippen molar-refractivity contribution < 1.29 is 9.90 Å². The summed E-state index contributed by atoms with van der Waals surface area (Å²) in [5.74, 6) is 0.269. The van der Waals surface area contributed by atoms with E-state index in [-0.39, 0.29) is 16.1 Å². The zero-order valence-corrected chi connectivity index (χ0v) is 8.40. The highest BCUT2D eigenvalue weighted by Gasteiger charge is 2.25. The summed E-state index contributed by atoms with van der Waals surface area (Å²) in [6, 6.07) is 7.05. The van der Waals surface area contributed by atoms with Crippen molar-refractivity contribution in [3.8, 4) is 5.75 Å². The highest BCUT2D eigenvalue weighted by atomic mass is 33.1. The van der Waals surface area contributed by atoms with Crippen molar-refractivity contribution >= 4 is 26.7 Å². The lowest BCUT2D eigenvalue weighted by Gasteiger charge is -2.05. The molecule has 0 aliphatic carbocycles. The molecule has 1 fully saturated rings. The molecule has 1 aliphatic rings. The van der Waals surface area contributed by atoms with Gasteiger partial charge in [0, 0.05) is 11.7 Å². The molecule has 0 spiro atoms. The average Bonchev–Trinajstić information content (AvgIpc) is 2.53. The van der Waals surface area contributed by atoms with Crippen LogP contribution in [-0.2, 0) is 4.79 Å². The van der Waals surface area contributed by atoms with Gasteiger partial charge in [0.1, 0.15) is 5.75 Å². The van der Waals surface area contributed by atoms with Crippen LogP contribution in [0.1, 0.15) is 17.2 Å². The number of rotatable bonds is 1. The van der Waals surface area contributed by atoms with Crippen molar-refractivity contribution in [2.45, 2.75) is 11.7 Å². The Balaban J connectivity index is 2.17. The molecule has 0 radical (unpaired) electrons. The predicted molar refractivity (Wildman–Crippen MR) is 55.7 cm³/mol. The first-order chi connectivity index (χ1) is 6.25. The molecule has 1 aromatic rings. The third-order valence-corrected chi connectivity index (χ3v) is 4.54. The maximum atomic E-state index is 11.0. The van der Waals surface area contributed by atoms with Crippen LogP contribution in [0.15, 0.2) is 24.3 Å². The van der Waals surface area contributed by atoms with E-state index in [9.17, 15) is 4.79 Å². The standard InChI is InChI=1S/C9H8O2S2/c10-7-3-1-6(2-4-7)8-5-9(11)13-12-8/h1-4,8,10H,5H2. The van der Waals surface area contributed by atoms with Gasteiger partial charge >= 0.3 is 0 Å². The first-order valence-corrected chi connectivity index (χ1v) is 6.12. The van der Waals surface area contributed by atoms with Gasteiger partial charge in [0.05, 0.1) is 0 Å². The van der Waals surface area contributed by atoms with Crippen molar-refractivity contribution in [2.75, 3.05) is 0 Å². The second kappa shape index (κ2) is 3.64. The molecular weight excluding hydrogens is 204 g/mol. The van der Waals surface area contributed by atoms with Crippen LogP contribution in [0.3, 0.4) is 0 Å². The number of carbonyl (C=O) groups excluding carboxylic acids is 1. The van der Waals surface area contributed by atoms with Crippen LogP contribution < -0.4 is 0 Å². The minimum absolute atomic E-state index is 0.239. The Morgan fingerprint density at radius 2 is 2.00 bits per heavy atom. The molecule has 2 nitrogen and oxygen atoms in total. The Morgan fingerprint density at radius 3 is 2.54 bits per heavy atom. The van der Waals surface area contributed by atoms with Crippen LogP contribution in [0, 0.1) is 0 Å². The molecule has 13 heavy (non-hydrogen) atoms. The quantitative estimate of drug-likeness (QED) is 0.726. The SMILES string of the molecule is O=C1CC(c2ccc(O)cc2)SS1. The van der Waals surface area contributed by atoms with Gasteiger partial charge in [-0.2, -0.15) is 0 Å². The lowest BCUT2D eigenvalue weighted by molar-refractivity contribution is -0.110. The number of hydrogen-bond acceptors (Lipinski definition) is 4. The van der Waals surface area contributed by atoms with E-state index < -0.39 is 0 Å². The van der Waals surface area contributed by atoms with Crippen LogP contribution in [0.5, 0.6) is 5.75 Å². The number of phenols is 1. The van der Waals surface area contributed by atoms with Gasteiger partial charge in [-0.3, -0.25) is 4.79 Å². The first-order valence-electron chi connectivity index (χ1n) is 3.91. The molecule has 1 heterocycles. The summed E-state index contributed by atoms with van der Waals surface area (Å²) in [6.45, 7) is 0. The second-order valence-corrected chi connectivity index (χ2v) is 5.30. The highest BCUT2D eigenvalue weighted by molar-refractivity contribution is 8.82. The van der Waals surface area contributed by atoms with E-state index in [0.717, 1.165) is 5.56 Å². The summed E-state index contributed by atoms with van der Waals surface area (Å²) < 4.78 is 0. The maximum Gasteiger partial charge on any atom is 0.200 e. The number of carbonyl (C=O) groups is 1. The highest BCUT2D eigenvalue weighted by Crippen LogP contribution is 2.48. The Kier molecular flexibility index (Phi) is 2.51. The zero-order chi connectivity index (χ0) is 9.26. The molecule has 4 heteroatoms. The van der Waals surface area contributed by atoms with Gasteiger partial charge in [-0.05, 0) is 28.5 Å². The molecule has 1 aliphatic heterocycles. The zero-order valence-electron chi connectivity index (χ0n) is 6.77. The van der Waals surface area contributed by atoms with E-state index in [1.165, 1.54) is 10.8 Å². The average molecular weight is 212 g/mol. The van der Waals surface area contributed by atoms with Crippen LogP contribution >= 0.6 is 21.6 Å².